The smallest absolute Gasteiger partial charge is 0.257 e. The van der Waals surface area contributed by atoms with Gasteiger partial charge in [0, 0.05) is 10.9 Å². The number of nitrogens with one attached hydrogen (secondary N) is 2. The number of fused-ring (bicyclic) bond motifs is 1. The van der Waals surface area contributed by atoms with Gasteiger partial charge in [-0.2, -0.15) is 5.10 Å². The minimum Gasteiger partial charge on any atom is -0.493 e. The van der Waals surface area contributed by atoms with Crippen molar-refractivity contribution in [3.05, 3.63) is 54.6 Å². The van der Waals surface area contributed by atoms with Crippen molar-refractivity contribution in [1.29, 1.82) is 0 Å². The summed E-state index contributed by atoms with van der Waals surface area (Å²) in [5.74, 6) is 1.81. The highest BCUT2D eigenvalue weighted by atomic mass is 16.5. The highest BCUT2D eigenvalue weighted by Gasteiger charge is 2.14. The van der Waals surface area contributed by atoms with E-state index in [1.54, 1.807) is 31.4 Å². The zero-order chi connectivity index (χ0) is 18.5. The molecular weight excluding hydrogens is 334 g/mol. The molecule has 1 amide bonds. The Morgan fingerprint density at radius 1 is 1.19 bits per heavy atom. The molecule has 0 aliphatic rings. The second kappa shape index (κ2) is 7.60. The van der Waals surface area contributed by atoms with Crippen LogP contribution in [0.2, 0.25) is 0 Å². The lowest BCUT2D eigenvalue weighted by Crippen LogP contribution is -2.12. The van der Waals surface area contributed by atoms with Crippen molar-refractivity contribution >= 4 is 22.6 Å². The summed E-state index contributed by atoms with van der Waals surface area (Å²) >= 11 is 0. The maximum atomic E-state index is 12.6. The maximum absolute atomic E-state index is 12.6. The third kappa shape index (κ3) is 3.46. The molecule has 2 N–H and O–H groups in total. The van der Waals surface area contributed by atoms with E-state index in [1.165, 1.54) is 7.11 Å². The summed E-state index contributed by atoms with van der Waals surface area (Å²) in [6.45, 7) is 4.02. The van der Waals surface area contributed by atoms with Gasteiger partial charge < -0.3 is 19.5 Å². The average Bonchev–Trinajstić information content (AvgIpc) is 3.07. The van der Waals surface area contributed by atoms with E-state index in [-0.39, 0.29) is 5.91 Å². The number of ether oxygens (including phenoxy) is 3. The molecule has 0 atom stereocenters. The van der Waals surface area contributed by atoms with Gasteiger partial charge in [-0.25, -0.2) is 0 Å². The molecule has 1 aromatic heterocycles. The van der Waals surface area contributed by atoms with Crippen molar-refractivity contribution in [2.24, 2.45) is 0 Å². The van der Waals surface area contributed by atoms with Crippen LogP contribution in [0.3, 0.4) is 0 Å². The maximum Gasteiger partial charge on any atom is 0.257 e. The number of amides is 1. The number of carbonyl (C=O) groups is 1. The lowest BCUT2D eigenvalue weighted by atomic mass is 10.2. The van der Waals surface area contributed by atoms with Crippen molar-refractivity contribution in [3.63, 3.8) is 0 Å². The van der Waals surface area contributed by atoms with E-state index in [0.717, 1.165) is 10.9 Å². The summed E-state index contributed by atoms with van der Waals surface area (Å²) in [5.41, 5.74) is 1.22. The van der Waals surface area contributed by atoms with Crippen LogP contribution >= 0.6 is 0 Å². The molecule has 0 unspecified atom stereocenters. The van der Waals surface area contributed by atoms with Gasteiger partial charge in [-0.15, -0.1) is 0 Å². The Kier molecular flexibility index (Phi) is 5.07. The van der Waals surface area contributed by atoms with Crippen LogP contribution < -0.4 is 19.5 Å². The van der Waals surface area contributed by atoms with Crippen LogP contribution in [0.15, 0.2) is 49.1 Å². The second-order valence-corrected chi connectivity index (χ2v) is 5.40. The molecule has 134 valence electrons. The number of hydrogen-bond acceptors (Lipinski definition) is 5. The van der Waals surface area contributed by atoms with Crippen molar-refractivity contribution in [2.75, 3.05) is 26.1 Å². The molecule has 0 spiro atoms. The quantitative estimate of drug-likeness (QED) is 0.636. The SMILES string of the molecule is C=CCOc1ccc2[nH]nc(NC(=O)c3ccc(OC)c(OC)c3)c2c1. The Morgan fingerprint density at radius 3 is 2.73 bits per heavy atom. The minimum atomic E-state index is -0.309. The summed E-state index contributed by atoms with van der Waals surface area (Å²) in [5, 5.41) is 10.6. The number of nitrogens with zero attached hydrogens (tertiary/aromatic N) is 1. The summed E-state index contributed by atoms with van der Waals surface area (Å²) in [7, 11) is 3.06. The molecule has 0 fully saturated rings. The number of aromatic amines is 1. The number of aromatic nitrogens is 2. The lowest BCUT2D eigenvalue weighted by molar-refractivity contribution is 0.102. The number of rotatable bonds is 7. The van der Waals surface area contributed by atoms with Crippen LogP contribution in [0, 0.1) is 0 Å². The van der Waals surface area contributed by atoms with Gasteiger partial charge in [-0.1, -0.05) is 12.7 Å². The van der Waals surface area contributed by atoms with Crippen LogP contribution in [0.4, 0.5) is 5.82 Å². The monoisotopic (exact) mass is 353 g/mol. The largest absolute Gasteiger partial charge is 0.493 e. The number of hydrogen-bond donors (Lipinski definition) is 2. The molecule has 2 aromatic carbocycles. The van der Waals surface area contributed by atoms with E-state index in [1.807, 2.05) is 18.2 Å². The van der Waals surface area contributed by atoms with Gasteiger partial charge in [0.1, 0.15) is 12.4 Å². The molecular formula is C19H19N3O4. The van der Waals surface area contributed by atoms with Crippen LogP contribution in [0.5, 0.6) is 17.2 Å². The Labute approximate surface area is 150 Å². The second-order valence-electron chi connectivity index (χ2n) is 5.40. The standard InChI is InChI=1S/C19H19N3O4/c1-4-9-26-13-6-7-15-14(11-13)18(22-21-15)20-19(23)12-5-8-16(24-2)17(10-12)25-3/h4-8,10-11H,1,9H2,2-3H3,(H2,20,21,22,23). The van der Waals surface area contributed by atoms with Crippen molar-refractivity contribution in [1.82, 2.24) is 10.2 Å². The van der Waals surface area contributed by atoms with Crippen LogP contribution in [-0.4, -0.2) is 36.9 Å². The molecule has 0 radical (unpaired) electrons. The van der Waals surface area contributed by atoms with Gasteiger partial charge in [0.2, 0.25) is 0 Å². The van der Waals surface area contributed by atoms with E-state index in [0.29, 0.717) is 35.2 Å². The molecule has 3 rings (SSSR count). The number of methoxy groups -OCH3 is 2. The zero-order valence-electron chi connectivity index (χ0n) is 14.5. The van der Waals surface area contributed by atoms with Crippen molar-refractivity contribution < 1.29 is 19.0 Å². The number of carbonyl (C=O) groups excluding carboxylic acids is 1. The molecule has 0 saturated heterocycles. The number of anilines is 1. The van der Waals surface area contributed by atoms with Crippen molar-refractivity contribution in [2.45, 2.75) is 0 Å². The number of benzene rings is 2. The van der Waals surface area contributed by atoms with Gasteiger partial charge in [0.05, 0.1) is 19.7 Å². The summed E-state index contributed by atoms with van der Waals surface area (Å²) in [6, 6.07) is 10.4. The Balaban J connectivity index is 1.86. The van der Waals surface area contributed by atoms with E-state index in [4.69, 9.17) is 14.2 Å². The van der Waals surface area contributed by atoms with E-state index in [2.05, 4.69) is 22.1 Å². The topological polar surface area (TPSA) is 85.5 Å². The van der Waals surface area contributed by atoms with Gasteiger partial charge in [-0.05, 0) is 36.4 Å². The Bertz CT molecular complexity index is 949. The average molecular weight is 353 g/mol. The van der Waals surface area contributed by atoms with Crippen molar-refractivity contribution in [3.8, 4) is 17.2 Å². The van der Waals surface area contributed by atoms with E-state index in [9.17, 15) is 4.79 Å². The highest BCUT2D eigenvalue weighted by Crippen LogP contribution is 2.29. The predicted octanol–water partition coefficient (Wildman–Crippen LogP) is 3.40. The normalized spacial score (nSPS) is 10.4. The molecule has 0 aliphatic carbocycles. The van der Waals surface area contributed by atoms with E-state index < -0.39 is 0 Å². The highest BCUT2D eigenvalue weighted by molar-refractivity contribution is 6.08. The van der Waals surface area contributed by atoms with Gasteiger partial charge in [0.15, 0.2) is 17.3 Å². The lowest BCUT2D eigenvalue weighted by Gasteiger charge is -2.09. The molecule has 0 aliphatic heterocycles. The Morgan fingerprint density at radius 2 is 2.00 bits per heavy atom. The van der Waals surface area contributed by atoms with Gasteiger partial charge in [-0.3, -0.25) is 9.89 Å². The van der Waals surface area contributed by atoms with Gasteiger partial charge >= 0.3 is 0 Å². The third-order valence-electron chi connectivity index (χ3n) is 3.78. The van der Waals surface area contributed by atoms with E-state index >= 15 is 0 Å². The van der Waals surface area contributed by atoms with Crippen LogP contribution in [0.25, 0.3) is 10.9 Å². The molecule has 26 heavy (non-hydrogen) atoms. The van der Waals surface area contributed by atoms with Gasteiger partial charge in [0.25, 0.3) is 5.91 Å². The zero-order valence-corrected chi connectivity index (χ0v) is 14.5. The minimum absolute atomic E-state index is 0.309. The fourth-order valence-corrected chi connectivity index (χ4v) is 2.49. The fourth-order valence-electron chi connectivity index (χ4n) is 2.49. The first-order valence-electron chi connectivity index (χ1n) is 7.91. The summed E-state index contributed by atoms with van der Waals surface area (Å²) < 4.78 is 15.9. The summed E-state index contributed by atoms with van der Waals surface area (Å²) in [4.78, 5) is 12.6. The first kappa shape index (κ1) is 17.3. The fraction of sp³-hybridized carbons (Fsp3) is 0.158. The first-order valence-corrected chi connectivity index (χ1v) is 7.91. The Hall–Kier alpha value is -3.48. The molecule has 7 nitrogen and oxygen atoms in total. The first-order chi connectivity index (χ1) is 12.7. The van der Waals surface area contributed by atoms with Crippen LogP contribution in [0.1, 0.15) is 10.4 Å². The molecule has 0 saturated carbocycles. The van der Waals surface area contributed by atoms with Crippen LogP contribution in [-0.2, 0) is 0 Å². The number of H-pyrrole nitrogens is 1. The summed E-state index contributed by atoms with van der Waals surface area (Å²) in [6.07, 6.45) is 1.67. The molecule has 7 heteroatoms. The molecule has 1 heterocycles. The molecule has 0 bridgehead atoms. The molecule has 3 aromatic rings. The predicted molar refractivity (Wildman–Crippen MR) is 99.3 cm³/mol. The third-order valence-corrected chi connectivity index (χ3v) is 3.78.